The van der Waals surface area contributed by atoms with Crippen LogP contribution in [0.3, 0.4) is 0 Å². The molecule has 0 aromatic heterocycles. The van der Waals surface area contributed by atoms with Crippen molar-refractivity contribution < 1.29 is 28.5 Å². The summed E-state index contributed by atoms with van der Waals surface area (Å²) in [7, 11) is 0. The van der Waals surface area contributed by atoms with E-state index in [1.54, 1.807) is 0 Å². The Kier molecular flexibility index (Phi) is 25.6. The van der Waals surface area contributed by atoms with Crippen LogP contribution < -0.4 is 5.32 Å². The lowest BCUT2D eigenvalue weighted by Crippen LogP contribution is -2.51. The summed E-state index contributed by atoms with van der Waals surface area (Å²) in [5, 5.41) is 2.91. The number of unbranched alkanes of at least 4 members (excludes halogenated alkanes) is 9. The van der Waals surface area contributed by atoms with Crippen molar-refractivity contribution in [2.75, 3.05) is 59.2 Å². The molecular weight excluding hydrogens is 833 g/mol. The van der Waals surface area contributed by atoms with Gasteiger partial charge >= 0.3 is 5.97 Å². The Morgan fingerprint density at radius 2 is 1.54 bits per heavy atom. The van der Waals surface area contributed by atoms with E-state index in [1.807, 2.05) is 0 Å². The molecule has 4 fully saturated rings. The van der Waals surface area contributed by atoms with Crippen molar-refractivity contribution in [1.29, 1.82) is 0 Å². The molecule has 8 nitrogen and oxygen atoms in total. The average molecular weight is 935 g/mol. The van der Waals surface area contributed by atoms with Crippen molar-refractivity contribution in [3.05, 3.63) is 36.0 Å². The molecule has 5 aliphatic rings. The summed E-state index contributed by atoms with van der Waals surface area (Å²) in [4.78, 5) is 28.1. The standard InChI is InChI=1S/C59H102N2O6/c1-7-8-9-10-11-12-13-14-15-16-17-18-19-20-21-25-40-64-44-51(43-61-38-23-22-24-39-61)66-41-37-60-56(62)45-65-46-57(63)67-50-33-35-58(5)49(42-50)29-30-52-54-32-31-53(48(4)28-26-27-47(2)3)59(54,6)36-34-55(52)58/h11-12,14-15,29,47-48,50-55H,7-10,13,16-28,30-46H2,1-6H3,(H,60,62)/b12-11-,15-14-/t48-,50?,51?,52-,53?,54?,55?,58-,59+/m0/s1. The summed E-state index contributed by atoms with van der Waals surface area (Å²) in [6, 6.07) is 0. The summed E-state index contributed by atoms with van der Waals surface area (Å²) in [5.74, 6) is 4.28. The first-order valence-electron chi connectivity index (χ1n) is 28.5. The second kappa shape index (κ2) is 30.7. The fourth-order valence-corrected chi connectivity index (χ4v) is 13.7. The first-order chi connectivity index (χ1) is 32.5. The van der Waals surface area contributed by atoms with Gasteiger partial charge in [-0.15, -0.1) is 0 Å². The van der Waals surface area contributed by atoms with Crippen molar-refractivity contribution >= 4 is 11.9 Å². The average Bonchev–Trinajstić information content (AvgIpc) is 3.67. The summed E-state index contributed by atoms with van der Waals surface area (Å²) in [5.41, 5.74) is 2.23. The van der Waals surface area contributed by atoms with Gasteiger partial charge in [-0.05, 0) is 156 Å². The quantitative estimate of drug-likeness (QED) is 0.0398. The molecule has 0 spiro atoms. The zero-order valence-corrected chi connectivity index (χ0v) is 44.2. The van der Waals surface area contributed by atoms with E-state index in [1.165, 1.54) is 140 Å². The molecule has 1 heterocycles. The number of piperidine rings is 1. The van der Waals surface area contributed by atoms with Gasteiger partial charge in [0.15, 0.2) is 0 Å². The molecule has 0 aromatic carbocycles. The van der Waals surface area contributed by atoms with Crippen LogP contribution in [0, 0.1) is 46.3 Å². The van der Waals surface area contributed by atoms with Crippen molar-refractivity contribution in [2.24, 2.45) is 46.3 Å². The third kappa shape index (κ3) is 18.6. The molecule has 0 aromatic rings. The van der Waals surface area contributed by atoms with Gasteiger partial charge < -0.3 is 29.2 Å². The number of fused-ring (bicyclic) bond motifs is 5. The summed E-state index contributed by atoms with van der Waals surface area (Å²) in [6.07, 6.45) is 44.1. The third-order valence-electron chi connectivity index (χ3n) is 17.5. The first kappa shape index (κ1) is 55.9. The second-order valence-corrected chi connectivity index (χ2v) is 23.0. The number of nitrogens with one attached hydrogen (secondary N) is 1. The monoisotopic (exact) mass is 935 g/mol. The normalized spacial score (nSPS) is 28.6. The molecule has 1 aliphatic heterocycles. The predicted molar refractivity (Wildman–Crippen MR) is 277 cm³/mol. The highest BCUT2D eigenvalue weighted by atomic mass is 16.6. The molecule has 67 heavy (non-hydrogen) atoms. The zero-order chi connectivity index (χ0) is 47.7. The maximum absolute atomic E-state index is 12.9. The van der Waals surface area contributed by atoms with E-state index in [2.05, 4.69) is 82.1 Å². The molecular formula is C59H102N2O6. The van der Waals surface area contributed by atoms with Crippen LogP contribution >= 0.6 is 0 Å². The highest BCUT2D eigenvalue weighted by molar-refractivity contribution is 5.77. The second-order valence-electron chi connectivity index (χ2n) is 23.0. The fourth-order valence-electron chi connectivity index (χ4n) is 13.7. The molecule has 1 amide bonds. The highest BCUT2D eigenvalue weighted by Crippen LogP contribution is 2.67. The molecule has 5 unspecified atom stereocenters. The molecule has 1 saturated heterocycles. The van der Waals surface area contributed by atoms with E-state index in [9.17, 15) is 9.59 Å². The maximum Gasteiger partial charge on any atom is 0.332 e. The van der Waals surface area contributed by atoms with Gasteiger partial charge in [0.05, 0.1) is 19.3 Å². The van der Waals surface area contributed by atoms with Crippen LogP contribution in [0.4, 0.5) is 0 Å². The number of likely N-dealkylation sites (tertiary alicyclic amines) is 1. The summed E-state index contributed by atoms with van der Waals surface area (Å²) >= 11 is 0. The minimum atomic E-state index is -0.372. The van der Waals surface area contributed by atoms with Gasteiger partial charge in [-0.2, -0.15) is 0 Å². The van der Waals surface area contributed by atoms with Crippen molar-refractivity contribution in [3.8, 4) is 0 Å². The van der Waals surface area contributed by atoms with E-state index in [0.717, 1.165) is 93.9 Å². The molecule has 384 valence electrons. The number of rotatable bonds is 33. The molecule has 4 aliphatic carbocycles. The summed E-state index contributed by atoms with van der Waals surface area (Å²) < 4.78 is 23.9. The Morgan fingerprint density at radius 1 is 0.791 bits per heavy atom. The number of esters is 1. The number of hydrogen-bond donors (Lipinski definition) is 1. The fraction of sp³-hybridized carbons (Fsp3) is 0.864. The Morgan fingerprint density at radius 3 is 2.30 bits per heavy atom. The smallest absolute Gasteiger partial charge is 0.332 e. The van der Waals surface area contributed by atoms with Gasteiger partial charge in [0.25, 0.3) is 0 Å². The molecule has 0 radical (unpaired) electrons. The predicted octanol–water partition coefficient (Wildman–Crippen LogP) is 13.8. The van der Waals surface area contributed by atoms with Crippen LogP contribution in [0.2, 0.25) is 0 Å². The maximum atomic E-state index is 12.9. The highest BCUT2D eigenvalue weighted by Gasteiger charge is 2.59. The Labute approximate surface area is 411 Å². The van der Waals surface area contributed by atoms with E-state index in [-0.39, 0.29) is 42.7 Å². The molecule has 1 N–H and O–H groups in total. The van der Waals surface area contributed by atoms with Gasteiger partial charge in [0.2, 0.25) is 5.91 Å². The van der Waals surface area contributed by atoms with Gasteiger partial charge in [0, 0.05) is 26.1 Å². The number of amides is 1. The minimum Gasteiger partial charge on any atom is -0.460 e. The number of carbonyl (C=O) groups is 2. The van der Waals surface area contributed by atoms with E-state index in [4.69, 9.17) is 18.9 Å². The molecule has 8 heteroatoms. The number of nitrogens with zero attached hydrogens (tertiary/aromatic N) is 1. The lowest BCUT2D eigenvalue weighted by molar-refractivity contribution is -0.157. The molecule has 5 rings (SSSR count). The zero-order valence-electron chi connectivity index (χ0n) is 44.2. The molecule has 3 saturated carbocycles. The van der Waals surface area contributed by atoms with E-state index in [0.29, 0.717) is 25.2 Å². The number of carbonyl (C=O) groups excluding carboxylic acids is 2. The number of hydrogen-bond acceptors (Lipinski definition) is 7. The van der Waals surface area contributed by atoms with Gasteiger partial charge in [0.1, 0.15) is 19.3 Å². The van der Waals surface area contributed by atoms with Crippen LogP contribution in [0.25, 0.3) is 0 Å². The molecule has 9 atom stereocenters. The SMILES string of the molecule is CCCCC/C=C\C/C=C\CCCCCCCCOCC(CN1CCCCC1)OCCNC(=O)COCC(=O)OC1CC[C@@]2(C)C(=CC[C@H]3C4CCC([C@@H](C)CCCC(C)C)[C@@]4(C)CCC32)C1. The van der Waals surface area contributed by atoms with Crippen LogP contribution in [-0.2, 0) is 28.5 Å². The van der Waals surface area contributed by atoms with E-state index >= 15 is 0 Å². The Bertz CT molecular complexity index is 1490. The minimum absolute atomic E-state index is 0.0225. The molecule has 0 bridgehead atoms. The lowest BCUT2D eigenvalue weighted by atomic mass is 9.47. The lowest BCUT2D eigenvalue weighted by Gasteiger charge is -2.58. The number of allylic oxidation sites excluding steroid dienone is 5. The Balaban J connectivity index is 0.909. The Hall–Kier alpha value is -2.00. The first-order valence-corrected chi connectivity index (χ1v) is 28.5. The van der Waals surface area contributed by atoms with Crippen LogP contribution in [0.5, 0.6) is 0 Å². The van der Waals surface area contributed by atoms with Crippen LogP contribution in [0.15, 0.2) is 36.0 Å². The van der Waals surface area contributed by atoms with Gasteiger partial charge in [-0.3, -0.25) is 4.79 Å². The van der Waals surface area contributed by atoms with Gasteiger partial charge in [-0.1, -0.05) is 142 Å². The largest absolute Gasteiger partial charge is 0.460 e. The van der Waals surface area contributed by atoms with Crippen molar-refractivity contribution in [1.82, 2.24) is 10.2 Å². The van der Waals surface area contributed by atoms with Crippen LogP contribution in [0.1, 0.15) is 208 Å². The van der Waals surface area contributed by atoms with E-state index < -0.39 is 0 Å². The van der Waals surface area contributed by atoms with Gasteiger partial charge in [-0.25, -0.2) is 4.79 Å². The van der Waals surface area contributed by atoms with Crippen molar-refractivity contribution in [3.63, 3.8) is 0 Å². The third-order valence-corrected chi connectivity index (χ3v) is 17.5. The van der Waals surface area contributed by atoms with Crippen molar-refractivity contribution in [2.45, 2.75) is 221 Å². The topological polar surface area (TPSA) is 86.3 Å². The summed E-state index contributed by atoms with van der Waals surface area (Å²) in [6.45, 7) is 19.6. The van der Waals surface area contributed by atoms with Crippen LogP contribution in [-0.4, -0.2) is 88.2 Å². The number of ether oxygens (including phenoxy) is 4.